The molecule has 2 N–H and O–H groups in total. The average molecular weight is 323 g/mol. The van der Waals surface area contributed by atoms with E-state index in [9.17, 15) is 4.79 Å². The van der Waals surface area contributed by atoms with Crippen LogP contribution in [0.3, 0.4) is 0 Å². The van der Waals surface area contributed by atoms with E-state index < -0.39 is 0 Å². The fourth-order valence-electron chi connectivity index (χ4n) is 2.89. The van der Waals surface area contributed by atoms with Crippen molar-refractivity contribution < 1.29 is 4.79 Å². The van der Waals surface area contributed by atoms with Crippen molar-refractivity contribution in [3.63, 3.8) is 0 Å². The molecule has 1 saturated heterocycles. The minimum Gasteiger partial charge on any atom is -0.372 e. The third-order valence-corrected chi connectivity index (χ3v) is 4.40. The van der Waals surface area contributed by atoms with Crippen molar-refractivity contribution in [2.24, 2.45) is 0 Å². The second kappa shape index (κ2) is 6.47. The number of anilines is 3. The molecule has 1 aliphatic heterocycles. The molecule has 1 aromatic heterocycles. The predicted molar refractivity (Wildman–Crippen MR) is 94.5 cm³/mol. The van der Waals surface area contributed by atoms with Gasteiger partial charge in [-0.05, 0) is 56.0 Å². The van der Waals surface area contributed by atoms with Crippen LogP contribution in [0.4, 0.5) is 17.3 Å². The number of benzene rings is 1. The predicted octanol–water partition coefficient (Wildman–Crippen LogP) is 2.90. The Morgan fingerprint density at radius 3 is 2.54 bits per heavy atom. The highest BCUT2D eigenvalue weighted by Crippen LogP contribution is 2.23. The molecule has 0 spiro atoms. The van der Waals surface area contributed by atoms with E-state index in [4.69, 9.17) is 0 Å². The van der Waals surface area contributed by atoms with Gasteiger partial charge in [-0.2, -0.15) is 0 Å². The summed E-state index contributed by atoms with van der Waals surface area (Å²) in [5, 5.41) is 6.10. The molecule has 1 amide bonds. The van der Waals surface area contributed by atoms with Gasteiger partial charge < -0.3 is 15.5 Å². The van der Waals surface area contributed by atoms with Gasteiger partial charge >= 0.3 is 0 Å². The summed E-state index contributed by atoms with van der Waals surface area (Å²) in [5.41, 5.74) is 2.36. The fourth-order valence-corrected chi connectivity index (χ4v) is 2.89. The summed E-state index contributed by atoms with van der Waals surface area (Å²) in [7, 11) is 0. The van der Waals surface area contributed by atoms with Gasteiger partial charge in [0, 0.05) is 36.7 Å². The Hall–Kier alpha value is -2.63. The van der Waals surface area contributed by atoms with Crippen LogP contribution < -0.4 is 15.5 Å². The van der Waals surface area contributed by atoms with Gasteiger partial charge in [-0.15, -0.1) is 0 Å². The van der Waals surface area contributed by atoms with Gasteiger partial charge in [0.15, 0.2) is 0 Å². The molecule has 6 heteroatoms. The molecule has 2 heterocycles. The second-order valence-electron chi connectivity index (χ2n) is 6.38. The van der Waals surface area contributed by atoms with Crippen LogP contribution in [0.2, 0.25) is 0 Å². The Morgan fingerprint density at radius 2 is 1.83 bits per heavy atom. The van der Waals surface area contributed by atoms with Crippen molar-refractivity contribution in [3.8, 4) is 0 Å². The van der Waals surface area contributed by atoms with Gasteiger partial charge in [-0.1, -0.05) is 0 Å². The van der Waals surface area contributed by atoms with E-state index in [0.29, 0.717) is 17.7 Å². The maximum absolute atomic E-state index is 12.4. The van der Waals surface area contributed by atoms with Gasteiger partial charge in [-0.25, -0.2) is 9.97 Å². The third-order valence-electron chi connectivity index (χ3n) is 4.40. The Labute approximate surface area is 141 Å². The number of amides is 1. The Bertz CT molecular complexity index is 720. The first-order valence-corrected chi connectivity index (χ1v) is 8.54. The number of rotatable bonds is 5. The molecular weight excluding hydrogens is 302 g/mol. The zero-order chi connectivity index (χ0) is 16.4. The number of carbonyl (C=O) groups is 1. The molecule has 0 unspecified atom stereocenters. The normalized spacial score (nSPS) is 16.9. The molecule has 1 aliphatic carbocycles. The minimum atomic E-state index is -0.217. The van der Waals surface area contributed by atoms with Crippen molar-refractivity contribution >= 4 is 23.2 Å². The highest BCUT2D eigenvalue weighted by Gasteiger charge is 2.22. The van der Waals surface area contributed by atoms with Crippen molar-refractivity contribution in [1.29, 1.82) is 0 Å². The van der Waals surface area contributed by atoms with Crippen LogP contribution >= 0.6 is 0 Å². The molecule has 2 fully saturated rings. The second-order valence-corrected chi connectivity index (χ2v) is 6.38. The molecule has 0 atom stereocenters. The topological polar surface area (TPSA) is 70.2 Å². The third kappa shape index (κ3) is 3.48. The van der Waals surface area contributed by atoms with Crippen LogP contribution in [0.25, 0.3) is 0 Å². The molecule has 1 aromatic carbocycles. The molecule has 2 aliphatic rings. The monoisotopic (exact) mass is 323 g/mol. The Balaban J connectivity index is 1.41. The lowest BCUT2D eigenvalue weighted by Crippen LogP contribution is -2.18. The SMILES string of the molecule is O=C(Nc1ccc(N2CCCC2)cc1)c1ccnc(NC2CC2)n1. The van der Waals surface area contributed by atoms with Crippen LogP contribution in [-0.2, 0) is 0 Å². The number of carbonyl (C=O) groups excluding carboxylic acids is 1. The number of hydrogen-bond acceptors (Lipinski definition) is 5. The lowest BCUT2D eigenvalue weighted by Gasteiger charge is -2.17. The fraction of sp³-hybridized carbons (Fsp3) is 0.389. The van der Waals surface area contributed by atoms with E-state index in [2.05, 4.69) is 37.6 Å². The molecule has 1 saturated carbocycles. The first-order valence-electron chi connectivity index (χ1n) is 8.54. The summed E-state index contributed by atoms with van der Waals surface area (Å²) < 4.78 is 0. The quantitative estimate of drug-likeness (QED) is 0.885. The number of aromatic nitrogens is 2. The molecule has 6 nitrogen and oxygen atoms in total. The maximum atomic E-state index is 12.4. The molecule has 124 valence electrons. The van der Waals surface area contributed by atoms with E-state index in [0.717, 1.165) is 31.6 Å². The molecule has 0 bridgehead atoms. The standard InChI is InChI=1S/C18H21N5O/c24-17(16-9-10-19-18(22-16)21-14-3-4-14)20-13-5-7-15(8-6-13)23-11-1-2-12-23/h5-10,14H,1-4,11-12H2,(H,20,24)(H,19,21,22). The molecule has 24 heavy (non-hydrogen) atoms. The van der Waals surface area contributed by atoms with Crippen LogP contribution in [0.15, 0.2) is 36.5 Å². The zero-order valence-electron chi connectivity index (χ0n) is 13.5. The number of nitrogens with zero attached hydrogens (tertiary/aromatic N) is 3. The average Bonchev–Trinajstić information content (AvgIpc) is 3.25. The van der Waals surface area contributed by atoms with Crippen molar-refractivity contribution in [2.75, 3.05) is 28.6 Å². The molecule has 4 rings (SSSR count). The molecule has 0 radical (unpaired) electrons. The van der Waals surface area contributed by atoms with E-state index >= 15 is 0 Å². The van der Waals surface area contributed by atoms with Crippen LogP contribution in [0, 0.1) is 0 Å². The first kappa shape index (κ1) is 14.9. The first-order chi connectivity index (χ1) is 11.8. The Morgan fingerprint density at radius 1 is 1.08 bits per heavy atom. The van der Waals surface area contributed by atoms with Crippen LogP contribution in [0.5, 0.6) is 0 Å². The molecule has 2 aromatic rings. The largest absolute Gasteiger partial charge is 0.372 e. The van der Waals surface area contributed by atoms with Crippen molar-refractivity contribution in [3.05, 3.63) is 42.2 Å². The van der Waals surface area contributed by atoms with E-state index in [-0.39, 0.29) is 5.91 Å². The van der Waals surface area contributed by atoms with Crippen LogP contribution in [-0.4, -0.2) is 35.0 Å². The molecular formula is C18H21N5O. The lowest BCUT2D eigenvalue weighted by molar-refractivity contribution is 0.102. The van der Waals surface area contributed by atoms with E-state index in [1.165, 1.54) is 18.5 Å². The van der Waals surface area contributed by atoms with Gasteiger partial charge in [0.25, 0.3) is 5.91 Å². The van der Waals surface area contributed by atoms with Gasteiger partial charge in [-0.3, -0.25) is 4.79 Å². The summed E-state index contributed by atoms with van der Waals surface area (Å²) in [6, 6.07) is 10.1. The van der Waals surface area contributed by atoms with Crippen molar-refractivity contribution in [1.82, 2.24) is 9.97 Å². The highest BCUT2D eigenvalue weighted by molar-refractivity contribution is 6.03. The summed E-state index contributed by atoms with van der Waals surface area (Å²) in [6.45, 7) is 2.23. The van der Waals surface area contributed by atoms with Crippen LogP contribution in [0.1, 0.15) is 36.2 Å². The highest BCUT2D eigenvalue weighted by atomic mass is 16.1. The summed E-state index contributed by atoms with van der Waals surface area (Å²) in [4.78, 5) is 23.2. The maximum Gasteiger partial charge on any atom is 0.274 e. The lowest BCUT2D eigenvalue weighted by atomic mass is 10.2. The number of hydrogen-bond donors (Lipinski definition) is 2. The number of nitrogens with one attached hydrogen (secondary N) is 2. The summed E-state index contributed by atoms with van der Waals surface area (Å²) >= 11 is 0. The Kier molecular flexibility index (Phi) is 4.02. The van der Waals surface area contributed by atoms with Gasteiger partial charge in [0.2, 0.25) is 5.95 Å². The smallest absolute Gasteiger partial charge is 0.274 e. The van der Waals surface area contributed by atoms with E-state index in [1.54, 1.807) is 12.3 Å². The minimum absolute atomic E-state index is 0.217. The zero-order valence-corrected chi connectivity index (χ0v) is 13.5. The summed E-state index contributed by atoms with van der Waals surface area (Å²) in [5.74, 6) is 0.305. The van der Waals surface area contributed by atoms with E-state index in [1.807, 2.05) is 12.1 Å². The van der Waals surface area contributed by atoms with Gasteiger partial charge in [0.1, 0.15) is 5.69 Å². The van der Waals surface area contributed by atoms with Gasteiger partial charge in [0.05, 0.1) is 0 Å². The summed E-state index contributed by atoms with van der Waals surface area (Å²) in [6.07, 6.45) is 6.41. The van der Waals surface area contributed by atoms with Crippen molar-refractivity contribution in [2.45, 2.75) is 31.7 Å².